The minimum Gasteiger partial charge on any atom is -0.398 e. The summed E-state index contributed by atoms with van der Waals surface area (Å²) in [5.41, 5.74) is 11.3. The first-order chi connectivity index (χ1) is 13.9. The Morgan fingerprint density at radius 1 is 0.700 bits per heavy atom. The normalized spacial score (nSPS) is 11.0. The Bertz CT molecular complexity index is 838. The zero-order valence-electron chi connectivity index (χ0n) is 19.3. The Kier molecular flexibility index (Phi) is 10.0. The second-order valence-corrected chi connectivity index (χ2v) is 9.60. The molecule has 0 aromatic heterocycles. The summed E-state index contributed by atoms with van der Waals surface area (Å²) in [5, 5.41) is 10.2. The standard InChI is InChI=1S/C13H16ClNO.C12H18ClN/c1-8(2)11-5-10(14)6-12(9(3)4)13(11)16-7-15;1-7(2)10-5-9(13)6-11(8(3)4)12(10)14/h5-6,8-9H,1-4H3;5-8H,14H2,1-4H3. The Labute approximate surface area is 192 Å². The number of anilines is 1. The molecule has 0 radical (unpaired) electrons. The Morgan fingerprint density at radius 3 is 1.27 bits per heavy atom. The highest BCUT2D eigenvalue weighted by Gasteiger charge is 2.17. The molecule has 0 amide bonds. The van der Waals surface area contributed by atoms with Gasteiger partial charge in [-0.25, -0.2) is 0 Å². The molecule has 0 bridgehead atoms. The third-order valence-electron chi connectivity index (χ3n) is 4.96. The number of nitrogens with zero attached hydrogens (tertiary/aromatic N) is 1. The molecular formula is C25H34Cl2N2O. The number of benzene rings is 2. The highest BCUT2D eigenvalue weighted by Crippen LogP contribution is 2.37. The number of nitrogen functional groups attached to an aromatic ring is 1. The van der Waals surface area contributed by atoms with Crippen LogP contribution in [0.25, 0.3) is 0 Å². The SMILES string of the molecule is CC(C)c1cc(Cl)cc(C(C)C)c1N.CC(C)c1cc(Cl)cc(C(C)C)c1OC#N. The molecule has 0 fully saturated rings. The average molecular weight is 449 g/mol. The van der Waals surface area contributed by atoms with E-state index in [1.807, 2.05) is 24.3 Å². The van der Waals surface area contributed by atoms with E-state index in [1.54, 1.807) is 6.26 Å². The van der Waals surface area contributed by atoms with Crippen molar-refractivity contribution < 1.29 is 4.74 Å². The number of hydrogen-bond donors (Lipinski definition) is 1. The highest BCUT2D eigenvalue weighted by molar-refractivity contribution is 6.31. The van der Waals surface area contributed by atoms with Crippen LogP contribution in [0.2, 0.25) is 10.0 Å². The molecule has 0 saturated heterocycles. The fourth-order valence-corrected chi connectivity index (χ4v) is 3.74. The summed E-state index contributed by atoms with van der Waals surface area (Å²) < 4.78 is 5.09. The quantitative estimate of drug-likeness (QED) is 0.367. The molecule has 0 heterocycles. The summed E-state index contributed by atoms with van der Waals surface area (Å²) in [7, 11) is 0. The maximum Gasteiger partial charge on any atom is 0.292 e. The van der Waals surface area contributed by atoms with Crippen molar-refractivity contribution in [3.8, 4) is 12.0 Å². The van der Waals surface area contributed by atoms with Crippen molar-refractivity contribution >= 4 is 28.9 Å². The van der Waals surface area contributed by atoms with E-state index in [0.717, 1.165) is 33.0 Å². The van der Waals surface area contributed by atoms with Gasteiger partial charge >= 0.3 is 0 Å². The van der Waals surface area contributed by atoms with Crippen LogP contribution in [-0.2, 0) is 0 Å². The molecule has 0 aliphatic heterocycles. The minimum absolute atomic E-state index is 0.277. The molecule has 0 unspecified atom stereocenters. The Balaban J connectivity index is 0.000000303. The molecule has 164 valence electrons. The Hall–Kier alpha value is -1.89. The second kappa shape index (κ2) is 11.5. The third-order valence-corrected chi connectivity index (χ3v) is 5.39. The monoisotopic (exact) mass is 448 g/mol. The summed E-state index contributed by atoms with van der Waals surface area (Å²) in [5.74, 6) is 2.06. The predicted octanol–water partition coefficient (Wildman–Crippen LogP) is 8.62. The lowest BCUT2D eigenvalue weighted by atomic mass is 9.93. The second-order valence-electron chi connectivity index (χ2n) is 8.72. The number of nitrogens with two attached hydrogens (primary N) is 1. The molecular weight excluding hydrogens is 415 g/mol. The molecule has 0 saturated carbocycles. The van der Waals surface area contributed by atoms with E-state index in [1.165, 1.54) is 0 Å². The zero-order valence-corrected chi connectivity index (χ0v) is 20.8. The smallest absolute Gasteiger partial charge is 0.292 e. The molecule has 5 heteroatoms. The number of rotatable bonds is 5. The lowest BCUT2D eigenvalue weighted by molar-refractivity contribution is 0.486. The molecule has 2 aromatic carbocycles. The molecule has 2 aromatic rings. The molecule has 0 atom stereocenters. The van der Waals surface area contributed by atoms with Crippen molar-refractivity contribution in [1.29, 1.82) is 5.26 Å². The number of ether oxygens (including phenoxy) is 1. The van der Waals surface area contributed by atoms with E-state index in [2.05, 4.69) is 55.4 Å². The van der Waals surface area contributed by atoms with E-state index < -0.39 is 0 Å². The molecule has 0 spiro atoms. The number of halogens is 2. The van der Waals surface area contributed by atoms with Gasteiger partial charge in [-0.2, -0.15) is 0 Å². The first-order valence-corrected chi connectivity index (χ1v) is 11.1. The van der Waals surface area contributed by atoms with Gasteiger partial charge in [-0.1, -0.05) is 78.6 Å². The molecule has 0 aliphatic carbocycles. The van der Waals surface area contributed by atoms with Crippen molar-refractivity contribution in [2.45, 2.75) is 79.1 Å². The third kappa shape index (κ3) is 6.83. The van der Waals surface area contributed by atoms with Gasteiger partial charge in [0.2, 0.25) is 0 Å². The van der Waals surface area contributed by atoms with E-state index in [9.17, 15) is 0 Å². The topological polar surface area (TPSA) is 59.0 Å². The maximum atomic E-state index is 8.70. The maximum absolute atomic E-state index is 8.70. The van der Waals surface area contributed by atoms with Crippen LogP contribution >= 0.6 is 23.2 Å². The van der Waals surface area contributed by atoms with Crippen LogP contribution in [0.3, 0.4) is 0 Å². The fourth-order valence-electron chi connectivity index (χ4n) is 3.27. The molecule has 2 rings (SSSR count). The van der Waals surface area contributed by atoms with Crippen LogP contribution in [0.15, 0.2) is 24.3 Å². The van der Waals surface area contributed by atoms with Crippen LogP contribution < -0.4 is 10.5 Å². The number of nitriles is 1. The van der Waals surface area contributed by atoms with Crippen molar-refractivity contribution in [1.82, 2.24) is 0 Å². The molecule has 30 heavy (non-hydrogen) atoms. The van der Waals surface area contributed by atoms with Gasteiger partial charge < -0.3 is 10.5 Å². The van der Waals surface area contributed by atoms with Gasteiger partial charge in [-0.15, -0.1) is 5.26 Å². The summed E-state index contributed by atoms with van der Waals surface area (Å²) in [6.45, 7) is 16.7. The van der Waals surface area contributed by atoms with Crippen LogP contribution in [0.5, 0.6) is 5.75 Å². The zero-order chi connectivity index (χ0) is 23.2. The van der Waals surface area contributed by atoms with Crippen LogP contribution in [0.4, 0.5) is 5.69 Å². The van der Waals surface area contributed by atoms with Gasteiger partial charge in [0, 0.05) is 26.9 Å². The van der Waals surface area contributed by atoms with Gasteiger partial charge in [0.1, 0.15) is 5.75 Å². The lowest BCUT2D eigenvalue weighted by Crippen LogP contribution is -2.02. The van der Waals surface area contributed by atoms with Crippen molar-refractivity contribution in [3.63, 3.8) is 0 Å². The summed E-state index contributed by atoms with van der Waals surface area (Å²) in [6.07, 6.45) is 1.75. The van der Waals surface area contributed by atoms with Gasteiger partial charge in [0.25, 0.3) is 6.26 Å². The fraction of sp³-hybridized carbons (Fsp3) is 0.480. The van der Waals surface area contributed by atoms with Gasteiger partial charge in [-0.05, 0) is 59.1 Å². The van der Waals surface area contributed by atoms with Crippen LogP contribution in [-0.4, -0.2) is 0 Å². The van der Waals surface area contributed by atoms with Crippen molar-refractivity contribution in [3.05, 3.63) is 56.6 Å². The lowest BCUT2D eigenvalue weighted by Gasteiger charge is -2.17. The van der Waals surface area contributed by atoms with Crippen molar-refractivity contribution in [2.24, 2.45) is 0 Å². The summed E-state index contributed by atoms with van der Waals surface area (Å²) >= 11 is 12.1. The van der Waals surface area contributed by atoms with Gasteiger partial charge in [-0.3, -0.25) is 0 Å². The van der Waals surface area contributed by atoms with E-state index in [0.29, 0.717) is 22.6 Å². The average Bonchev–Trinajstić information content (AvgIpc) is 2.64. The van der Waals surface area contributed by atoms with Crippen molar-refractivity contribution in [2.75, 3.05) is 5.73 Å². The molecule has 2 N–H and O–H groups in total. The number of hydrogen-bond acceptors (Lipinski definition) is 3. The minimum atomic E-state index is 0.277. The highest BCUT2D eigenvalue weighted by atomic mass is 35.5. The molecule has 3 nitrogen and oxygen atoms in total. The van der Waals surface area contributed by atoms with Gasteiger partial charge in [0.05, 0.1) is 0 Å². The van der Waals surface area contributed by atoms with E-state index >= 15 is 0 Å². The largest absolute Gasteiger partial charge is 0.398 e. The summed E-state index contributed by atoms with van der Waals surface area (Å²) in [6, 6.07) is 7.66. The Morgan fingerprint density at radius 2 is 1.00 bits per heavy atom. The first-order valence-electron chi connectivity index (χ1n) is 10.4. The van der Waals surface area contributed by atoms with Crippen LogP contribution in [0.1, 0.15) is 101 Å². The summed E-state index contributed by atoms with van der Waals surface area (Å²) in [4.78, 5) is 0. The first kappa shape index (κ1) is 26.1. The van der Waals surface area contributed by atoms with E-state index in [4.69, 9.17) is 38.9 Å². The van der Waals surface area contributed by atoms with Gasteiger partial charge in [0.15, 0.2) is 0 Å². The van der Waals surface area contributed by atoms with Crippen LogP contribution in [0, 0.1) is 11.5 Å². The van der Waals surface area contributed by atoms with E-state index in [-0.39, 0.29) is 11.8 Å². The molecule has 0 aliphatic rings. The predicted molar refractivity (Wildman–Crippen MR) is 130 cm³/mol.